The van der Waals surface area contributed by atoms with Crippen LogP contribution in [0, 0.1) is 0 Å². The Kier molecular flexibility index (Phi) is 3.97. The molecule has 2 aliphatic carbocycles. The van der Waals surface area contributed by atoms with Crippen molar-refractivity contribution in [1.29, 1.82) is 0 Å². The van der Waals surface area contributed by atoms with Crippen LogP contribution >= 0.6 is 0 Å². The van der Waals surface area contributed by atoms with Crippen molar-refractivity contribution in [2.75, 3.05) is 0 Å². The molecule has 0 bridgehead atoms. The Bertz CT molecular complexity index is 1130. The highest BCUT2D eigenvalue weighted by Crippen LogP contribution is 2.23. The summed E-state index contributed by atoms with van der Waals surface area (Å²) in [5, 5.41) is 17.0. The van der Waals surface area contributed by atoms with Crippen LogP contribution in [0.1, 0.15) is 11.1 Å². The van der Waals surface area contributed by atoms with Crippen LogP contribution in [-0.4, -0.2) is 20.4 Å². The Balaban J connectivity index is 1.37. The Labute approximate surface area is 162 Å². The SMILES string of the molecule is C1=CC=CC=1c1ccc(-c2nnc(-c3ccc(C4=C=CC=C4)cc3)nn2)cc1. The molecule has 0 saturated heterocycles. The largest absolute Gasteiger partial charge is 0.203 e. The molecule has 2 aromatic carbocycles. The third kappa shape index (κ3) is 3.06. The summed E-state index contributed by atoms with van der Waals surface area (Å²) in [6.07, 6.45) is 11.8. The summed E-state index contributed by atoms with van der Waals surface area (Å²) in [7, 11) is 0. The van der Waals surface area contributed by atoms with Crippen LogP contribution in [0.3, 0.4) is 0 Å². The maximum absolute atomic E-state index is 4.25. The van der Waals surface area contributed by atoms with Crippen molar-refractivity contribution in [3.63, 3.8) is 0 Å². The molecule has 130 valence electrons. The van der Waals surface area contributed by atoms with Gasteiger partial charge in [-0.05, 0) is 35.4 Å². The standard InChI is InChI=1S/C24H14N4/c1-2-6-17(5-1)19-9-13-21(14-10-19)23-25-27-24(28-26-23)22-15-11-20(12-16-22)18-7-3-4-8-18/h1-5,7,9-16H. The number of rotatable bonds is 4. The van der Waals surface area contributed by atoms with Crippen molar-refractivity contribution in [3.05, 3.63) is 108 Å². The molecule has 0 fully saturated rings. The van der Waals surface area contributed by atoms with Crippen molar-refractivity contribution in [3.8, 4) is 22.8 Å². The Hall–Kier alpha value is -4.10. The van der Waals surface area contributed by atoms with Gasteiger partial charge in [-0.25, -0.2) is 0 Å². The molecule has 0 saturated carbocycles. The lowest BCUT2D eigenvalue weighted by atomic mass is 10.1. The molecule has 0 radical (unpaired) electrons. The van der Waals surface area contributed by atoms with Crippen molar-refractivity contribution >= 4 is 11.1 Å². The van der Waals surface area contributed by atoms with E-state index in [1.54, 1.807) is 0 Å². The van der Waals surface area contributed by atoms with Gasteiger partial charge < -0.3 is 0 Å². The van der Waals surface area contributed by atoms with Crippen molar-refractivity contribution in [1.82, 2.24) is 20.4 Å². The minimum atomic E-state index is 0.504. The van der Waals surface area contributed by atoms with Gasteiger partial charge in [0, 0.05) is 22.3 Å². The van der Waals surface area contributed by atoms with E-state index in [2.05, 4.69) is 31.9 Å². The Morgan fingerprint density at radius 1 is 0.464 bits per heavy atom. The van der Waals surface area contributed by atoms with E-state index in [-0.39, 0.29) is 0 Å². The zero-order chi connectivity index (χ0) is 18.8. The molecule has 1 heterocycles. The monoisotopic (exact) mass is 358 g/mol. The lowest BCUT2D eigenvalue weighted by molar-refractivity contribution is 0.876. The highest BCUT2D eigenvalue weighted by molar-refractivity contribution is 5.78. The molecule has 3 aromatic rings. The first-order valence-corrected chi connectivity index (χ1v) is 8.93. The van der Waals surface area contributed by atoms with Crippen LogP contribution in [0.25, 0.3) is 33.9 Å². The molecular formula is C24H14N4. The minimum absolute atomic E-state index is 0.504. The van der Waals surface area contributed by atoms with E-state index in [9.17, 15) is 0 Å². The lowest BCUT2D eigenvalue weighted by Gasteiger charge is -2.04. The molecule has 5 rings (SSSR count). The van der Waals surface area contributed by atoms with Gasteiger partial charge in [0.1, 0.15) is 0 Å². The quantitative estimate of drug-likeness (QED) is 0.628. The summed E-state index contributed by atoms with van der Waals surface area (Å²) in [6, 6.07) is 16.0. The number of aromatic nitrogens is 4. The Morgan fingerprint density at radius 3 is 1.14 bits per heavy atom. The second-order valence-electron chi connectivity index (χ2n) is 6.37. The van der Waals surface area contributed by atoms with Crippen molar-refractivity contribution in [2.45, 2.75) is 0 Å². The van der Waals surface area contributed by atoms with E-state index in [0.29, 0.717) is 11.6 Å². The number of nitrogens with zero attached hydrogens (tertiary/aromatic N) is 4. The van der Waals surface area contributed by atoms with Gasteiger partial charge in [-0.2, -0.15) is 0 Å². The van der Waals surface area contributed by atoms with Gasteiger partial charge in [0.25, 0.3) is 0 Å². The van der Waals surface area contributed by atoms with E-state index < -0.39 is 0 Å². The third-order valence-electron chi connectivity index (χ3n) is 4.58. The van der Waals surface area contributed by atoms with Gasteiger partial charge in [0.2, 0.25) is 11.6 Å². The molecule has 0 aliphatic heterocycles. The molecule has 0 spiro atoms. The number of hydrogen-bond acceptors (Lipinski definition) is 4. The van der Waals surface area contributed by atoms with Gasteiger partial charge in [0.15, 0.2) is 0 Å². The first-order chi connectivity index (χ1) is 13.9. The average molecular weight is 358 g/mol. The molecule has 4 nitrogen and oxygen atoms in total. The summed E-state index contributed by atoms with van der Waals surface area (Å²) in [5.41, 5.74) is 12.5. The maximum Gasteiger partial charge on any atom is 0.203 e. The van der Waals surface area contributed by atoms with Gasteiger partial charge in [0.05, 0.1) is 0 Å². The summed E-state index contributed by atoms with van der Waals surface area (Å²) in [6.45, 7) is 0. The van der Waals surface area contributed by atoms with Crippen molar-refractivity contribution < 1.29 is 0 Å². The zero-order valence-corrected chi connectivity index (χ0v) is 14.9. The van der Waals surface area contributed by atoms with E-state index in [1.165, 1.54) is 0 Å². The normalized spacial score (nSPS) is 13.9. The number of allylic oxidation sites excluding steroid dienone is 6. The fourth-order valence-electron chi connectivity index (χ4n) is 3.08. The van der Waals surface area contributed by atoms with Crippen LogP contribution in [0.15, 0.2) is 96.4 Å². The van der Waals surface area contributed by atoms with Gasteiger partial charge in [-0.1, -0.05) is 60.7 Å². The smallest absolute Gasteiger partial charge is 0.126 e. The molecule has 4 heteroatoms. The topological polar surface area (TPSA) is 51.6 Å². The van der Waals surface area contributed by atoms with E-state index >= 15 is 0 Å². The predicted molar refractivity (Wildman–Crippen MR) is 110 cm³/mol. The maximum atomic E-state index is 4.25. The van der Waals surface area contributed by atoms with Crippen LogP contribution in [-0.2, 0) is 0 Å². The molecule has 1 aromatic heterocycles. The average Bonchev–Trinajstić information content (AvgIpc) is 3.49. The minimum Gasteiger partial charge on any atom is -0.126 e. The highest BCUT2D eigenvalue weighted by Gasteiger charge is 2.08. The lowest BCUT2D eigenvalue weighted by Crippen LogP contribution is -1.99. The number of benzene rings is 2. The van der Waals surface area contributed by atoms with Crippen molar-refractivity contribution in [2.24, 2.45) is 0 Å². The molecule has 0 atom stereocenters. The predicted octanol–water partition coefficient (Wildman–Crippen LogP) is 4.82. The summed E-state index contributed by atoms with van der Waals surface area (Å²) >= 11 is 0. The van der Waals surface area contributed by atoms with Crippen LogP contribution < -0.4 is 0 Å². The van der Waals surface area contributed by atoms with Crippen LogP contribution in [0.4, 0.5) is 0 Å². The fourth-order valence-corrected chi connectivity index (χ4v) is 3.08. The van der Waals surface area contributed by atoms with Crippen LogP contribution in [0.5, 0.6) is 0 Å². The summed E-state index contributed by atoms with van der Waals surface area (Å²) in [4.78, 5) is 0. The van der Waals surface area contributed by atoms with Crippen LogP contribution in [0.2, 0.25) is 0 Å². The second-order valence-corrected chi connectivity index (χ2v) is 6.37. The van der Waals surface area contributed by atoms with Gasteiger partial charge >= 0.3 is 0 Å². The first-order valence-electron chi connectivity index (χ1n) is 8.93. The Morgan fingerprint density at radius 2 is 0.821 bits per heavy atom. The van der Waals surface area contributed by atoms with E-state index in [4.69, 9.17) is 0 Å². The molecule has 28 heavy (non-hydrogen) atoms. The van der Waals surface area contributed by atoms with E-state index in [0.717, 1.165) is 33.4 Å². The summed E-state index contributed by atoms with van der Waals surface area (Å²) in [5.74, 6) is 1.01. The molecular weight excluding hydrogens is 344 g/mol. The second kappa shape index (κ2) is 6.90. The van der Waals surface area contributed by atoms with Gasteiger partial charge in [-0.15, -0.1) is 31.9 Å². The summed E-state index contributed by atoms with van der Waals surface area (Å²) < 4.78 is 0. The van der Waals surface area contributed by atoms with Gasteiger partial charge in [-0.3, -0.25) is 0 Å². The molecule has 0 N–H and O–H groups in total. The zero-order valence-electron chi connectivity index (χ0n) is 14.9. The van der Waals surface area contributed by atoms with E-state index in [1.807, 2.05) is 85.0 Å². The molecule has 0 unspecified atom stereocenters. The first kappa shape index (κ1) is 16.1. The fraction of sp³-hybridized carbons (Fsp3) is 0. The highest BCUT2D eigenvalue weighted by atomic mass is 15.3. The molecule has 2 aliphatic rings. The molecule has 0 amide bonds. The number of hydrogen-bond donors (Lipinski definition) is 0. The third-order valence-corrected chi connectivity index (χ3v) is 4.58.